The van der Waals surface area contributed by atoms with Crippen molar-refractivity contribution in [3.05, 3.63) is 58.8 Å². The van der Waals surface area contributed by atoms with Crippen LogP contribution in [0.1, 0.15) is 24.2 Å². The highest BCUT2D eigenvalue weighted by Gasteiger charge is 2.63. The van der Waals surface area contributed by atoms with Crippen LogP contribution in [0.25, 0.3) is 5.52 Å². The Kier molecular flexibility index (Phi) is 6.56. The van der Waals surface area contributed by atoms with Crippen molar-refractivity contribution in [2.75, 3.05) is 18.3 Å². The van der Waals surface area contributed by atoms with Gasteiger partial charge in [-0.05, 0) is 36.7 Å². The van der Waals surface area contributed by atoms with Gasteiger partial charge < -0.3 is 39.5 Å². The third-order valence-electron chi connectivity index (χ3n) is 6.21. The number of aromatic nitrogens is 3. The Morgan fingerprint density at radius 2 is 2.08 bits per heavy atom. The highest BCUT2D eigenvalue weighted by atomic mass is 35.5. The fourth-order valence-electron chi connectivity index (χ4n) is 4.53. The zero-order chi connectivity index (χ0) is 25.8. The Morgan fingerprint density at radius 1 is 1.33 bits per heavy atom. The van der Waals surface area contributed by atoms with Gasteiger partial charge in [-0.1, -0.05) is 18.2 Å². The number of benzene rings is 1. The number of halogens is 2. The van der Waals surface area contributed by atoms with Gasteiger partial charge in [0.25, 0.3) is 0 Å². The first-order valence-corrected chi connectivity index (χ1v) is 13.1. The normalized spacial score (nSPS) is 29.0. The van der Waals surface area contributed by atoms with Gasteiger partial charge in [-0.25, -0.2) is 8.91 Å². The van der Waals surface area contributed by atoms with E-state index in [-0.39, 0.29) is 23.4 Å². The summed E-state index contributed by atoms with van der Waals surface area (Å²) in [5.74, 6) is -1.99. The molecule has 0 radical (unpaired) electrons. The number of nitrogens with zero attached hydrogens (tertiary/aromatic N) is 3. The first-order chi connectivity index (χ1) is 17.0. The van der Waals surface area contributed by atoms with E-state index in [9.17, 15) is 19.2 Å². The summed E-state index contributed by atoms with van der Waals surface area (Å²) >= 11 is 6.18. The van der Waals surface area contributed by atoms with Gasteiger partial charge >= 0.3 is 7.60 Å². The molecule has 5 N–H and O–H groups in total. The monoisotopic (exact) mass is 544 g/mol. The van der Waals surface area contributed by atoms with Crippen molar-refractivity contribution >= 4 is 30.5 Å². The van der Waals surface area contributed by atoms with Crippen LogP contribution in [0.2, 0.25) is 5.28 Å². The summed E-state index contributed by atoms with van der Waals surface area (Å²) in [5.41, 5.74) is 1.00. The molecule has 2 aromatic heterocycles. The highest BCUT2D eigenvalue weighted by molar-refractivity contribution is 7.51. The lowest BCUT2D eigenvalue weighted by Crippen LogP contribution is -2.48. The van der Waals surface area contributed by atoms with Crippen LogP contribution in [0.4, 0.5) is 10.2 Å². The number of ether oxygens (including phenoxy) is 3. The molecule has 0 saturated carbocycles. The van der Waals surface area contributed by atoms with E-state index in [1.54, 1.807) is 37.3 Å². The molecule has 36 heavy (non-hydrogen) atoms. The van der Waals surface area contributed by atoms with Crippen LogP contribution in [0.15, 0.2) is 36.4 Å². The molecule has 2 fully saturated rings. The zero-order valence-electron chi connectivity index (χ0n) is 18.7. The Labute approximate surface area is 208 Å². The molecule has 2 saturated heterocycles. The minimum atomic E-state index is -4.48. The third-order valence-corrected chi connectivity index (χ3v) is 6.86. The van der Waals surface area contributed by atoms with Crippen LogP contribution in [-0.2, 0) is 24.6 Å². The number of anilines is 1. The van der Waals surface area contributed by atoms with Crippen molar-refractivity contribution in [2.45, 2.75) is 43.2 Å². The van der Waals surface area contributed by atoms with E-state index < -0.39 is 56.0 Å². The maximum absolute atomic E-state index is 14.3. The van der Waals surface area contributed by atoms with E-state index in [1.807, 2.05) is 0 Å². The van der Waals surface area contributed by atoms with Gasteiger partial charge in [-0.3, -0.25) is 4.57 Å². The molecule has 1 unspecified atom stereocenters. The summed E-state index contributed by atoms with van der Waals surface area (Å²) in [6, 6.07) is 8.97. The second-order valence-corrected chi connectivity index (χ2v) is 10.6. The Bertz CT molecular complexity index is 1340. The number of hydrogen-bond acceptors (Lipinski definition) is 9. The fraction of sp³-hybridized carbons (Fsp3) is 0.429. The summed E-state index contributed by atoms with van der Waals surface area (Å²) in [4.78, 5) is 22.4. The second-order valence-electron chi connectivity index (χ2n) is 8.63. The number of fused-ring (bicyclic) bond motifs is 3. The molecule has 194 valence electrons. The molecule has 2 bridgehead atoms. The molecule has 0 aliphatic carbocycles. The first-order valence-electron chi connectivity index (χ1n) is 10.9. The zero-order valence-corrected chi connectivity index (χ0v) is 20.4. The summed E-state index contributed by atoms with van der Waals surface area (Å²) < 4.78 is 43.7. The van der Waals surface area contributed by atoms with Gasteiger partial charge in [0.15, 0.2) is 5.82 Å². The van der Waals surface area contributed by atoms with Gasteiger partial charge in [0.2, 0.25) is 11.1 Å². The molecule has 4 heterocycles. The number of rotatable bonds is 7. The van der Waals surface area contributed by atoms with Crippen LogP contribution in [0, 0.1) is 5.82 Å². The van der Waals surface area contributed by atoms with Gasteiger partial charge in [-0.15, -0.1) is 5.10 Å². The number of hydrogen-bond donors (Lipinski definition) is 5. The molecule has 0 spiro atoms. The molecular weight excluding hydrogens is 522 g/mol. The topological polar surface area (TPSA) is 168 Å². The minimum Gasteiger partial charge on any atom is -0.387 e. The SMILES string of the molecule is C[C@H](Nc1nc(Cl)nn2c([C@@]34OCC(OCP(=O)(O)O)[C@@H](O3)[C@@H](O)[C@H]4O)ccc12)c1ccccc1F. The van der Waals surface area contributed by atoms with Crippen LogP contribution in [0.5, 0.6) is 0 Å². The molecule has 12 nitrogen and oxygen atoms in total. The molecule has 1 aromatic carbocycles. The number of aliphatic hydroxyl groups excluding tert-OH is 2. The predicted molar refractivity (Wildman–Crippen MR) is 123 cm³/mol. The van der Waals surface area contributed by atoms with Crippen molar-refractivity contribution in [3.8, 4) is 0 Å². The molecule has 2 aliphatic heterocycles. The molecule has 2 aliphatic rings. The van der Waals surface area contributed by atoms with Crippen LogP contribution in [0.3, 0.4) is 0 Å². The van der Waals surface area contributed by atoms with Gasteiger partial charge in [0.1, 0.15) is 47.8 Å². The van der Waals surface area contributed by atoms with Crippen molar-refractivity contribution in [2.24, 2.45) is 0 Å². The van der Waals surface area contributed by atoms with Crippen LogP contribution >= 0.6 is 19.2 Å². The lowest BCUT2D eigenvalue weighted by Gasteiger charge is -2.37. The highest BCUT2D eigenvalue weighted by Crippen LogP contribution is 2.47. The van der Waals surface area contributed by atoms with Gasteiger partial charge in [0, 0.05) is 5.56 Å². The lowest BCUT2D eigenvalue weighted by molar-refractivity contribution is -0.322. The molecule has 5 rings (SSSR count). The summed E-state index contributed by atoms with van der Waals surface area (Å²) in [6.07, 6.45) is -6.16. The lowest BCUT2D eigenvalue weighted by atomic mass is 10.0. The van der Waals surface area contributed by atoms with Crippen molar-refractivity contribution in [1.82, 2.24) is 14.6 Å². The molecule has 15 heteroatoms. The average Bonchev–Trinajstić information content (AvgIpc) is 3.33. The second kappa shape index (κ2) is 9.28. The Hall–Kier alpha value is -2.19. The first kappa shape index (κ1) is 25.5. The molecule has 0 amide bonds. The van der Waals surface area contributed by atoms with E-state index >= 15 is 0 Å². The fourth-order valence-corrected chi connectivity index (χ4v) is 5.08. The largest absolute Gasteiger partial charge is 0.387 e. The summed E-state index contributed by atoms with van der Waals surface area (Å²) in [6.45, 7) is 1.51. The van der Waals surface area contributed by atoms with E-state index in [1.165, 1.54) is 10.6 Å². The average molecular weight is 545 g/mol. The van der Waals surface area contributed by atoms with E-state index in [2.05, 4.69) is 15.4 Å². The van der Waals surface area contributed by atoms with Crippen molar-refractivity contribution < 1.29 is 43.2 Å². The van der Waals surface area contributed by atoms with Gasteiger partial charge in [0.05, 0.1) is 12.6 Å². The third kappa shape index (κ3) is 4.40. The summed E-state index contributed by atoms with van der Waals surface area (Å²) in [7, 11) is -4.48. The van der Waals surface area contributed by atoms with Crippen LogP contribution in [-0.4, -0.2) is 72.0 Å². The standard InChI is InChI=1S/C21H23ClFN4O8P/c1-10(11-4-2-3-5-12(11)23)24-19-13-6-7-15(27(13)26-20(22)25-19)21-18(29)16(28)17(35-21)14(8-34-21)33-9-36(30,31)32/h2-7,10,14,16-18,28-29H,8-9H2,1H3,(H,24,25,26)(H2,30,31,32)/t10-,14?,16+,17+,18+,21+/m0/s1. The molecular formula is C21H23ClFN4O8P. The van der Waals surface area contributed by atoms with E-state index in [0.29, 0.717) is 11.1 Å². The van der Waals surface area contributed by atoms with Crippen molar-refractivity contribution in [1.29, 1.82) is 0 Å². The molecule has 6 atom stereocenters. The molecule has 3 aromatic rings. The maximum atomic E-state index is 14.3. The number of aliphatic hydroxyl groups is 2. The van der Waals surface area contributed by atoms with Crippen LogP contribution < -0.4 is 5.32 Å². The summed E-state index contributed by atoms with van der Waals surface area (Å²) in [5, 5.41) is 28.7. The Morgan fingerprint density at radius 3 is 2.81 bits per heavy atom. The number of nitrogens with one attached hydrogen (secondary N) is 1. The van der Waals surface area contributed by atoms with Gasteiger partial charge in [-0.2, -0.15) is 4.98 Å². The van der Waals surface area contributed by atoms with Crippen molar-refractivity contribution in [3.63, 3.8) is 0 Å². The quantitative estimate of drug-likeness (QED) is 0.273. The Balaban J connectivity index is 1.48. The van der Waals surface area contributed by atoms with E-state index in [4.69, 9.17) is 35.6 Å². The predicted octanol–water partition coefficient (Wildman–Crippen LogP) is 1.52. The maximum Gasteiger partial charge on any atom is 0.350 e. The smallest absolute Gasteiger partial charge is 0.350 e. The minimum absolute atomic E-state index is 0.164. The van der Waals surface area contributed by atoms with E-state index in [0.717, 1.165) is 0 Å².